The van der Waals surface area contributed by atoms with Crippen molar-refractivity contribution < 1.29 is 14.1 Å². The molecule has 1 aliphatic heterocycles. The smallest absolute Gasteiger partial charge is 0.305 e. The maximum absolute atomic E-state index is 14.4. The topological polar surface area (TPSA) is 63.5 Å². The number of amides is 1. The van der Waals surface area contributed by atoms with Crippen molar-refractivity contribution in [2.75, 3.05) is 11.4 Å². The molecule has 6 heteroatoms. The van der Waals surface area contributed by atoms with Gasteiger partial charge in [-0.05, 0) is 38.7 Å². The van der Waals surface area contributed by atoms with Gasteiger partial charge >= 0.3 is 5.69 Å². The molecule has 1 aromatic rings. The van der Waals surface area contributed by atoms with Gasteiger partial charge in [-0.2, -0.15) is 4.39 Å². The van der Waals surface area contributed by atoms with Crippen molar-refractivity contribution in [3.63, 3.8) is 0 Å². The number of carbonyl (C=O) groups is 1. The highest BCUT2D eigenvalue weighted by atomic mass is 19.1. The number of hydrogen-bond acceptors (Lipinski definition) is 3. The third kappa shape index (κ3) is 1.71. The van der Waals surface area contributed by atoms with Crippen LogP contribution in [0.3, 0.4) is 0 Å². The Morgan fingerprint density at radius 1 is 1.45 bits per heavy atom. The molecular weight excluding hydrogens is 263 g/mol. The summed E-state index contributed by atoms with van der Waals surface area (Å²) in [6.45, 7) is 3.81. The van der Waals surface area contributed by atoms with E-state index >= 15 is 0 Å². The highest BCUT2D eigenvalue weighted by Gasteiger charge is 2.48. The van der Waals surface area contributed by atoms with Crippen LogP contribution in [0.4, 0.5) is 15.8 Å². The molecular formula is C14H15FN2O3. The Morgan fingerprint density at radius 2 is 2.10 bits per heavy atom. The average molecular weight is 278 g/mol. The molecule has 3 rings (SSSR count). The number of fused-ring (bicyclic) bond motifs is 1. The lowest BCUT2D eigenvalue weighted by atomic mass is 9.85. The second-order valence-corrected chi connectivity index (χ2v) is 6.03. The lowest BCUT2D eigenvalue weighted by molar-refractivity contribution is -0.387. The van der Waals surface area contributed by atoms with Crippen LogP contribution in [-0.2, 0) is 10.2 Å². The van der Waals surface area contributed by atoms with Crippen molar-refractivity contribution in [3.05, 3.63) is 33.6 Å². The van der Waals surface area contributed by atoms with Crippen molar-refractivity contribution in [1.82, 2.24) is 0 Å². The fraction of sp³-hybridized carbons (Fsp3) is 0.500. The van der Waals surface area contributed by atoms with Crippen LogP contribution in [-0.4, -0.2) is 17.4 Å². The number of rotatable bonds is 3. The lowest BCUT2D eigenvalue weighted by Crippen LogP contribution is -2.37. The molecule has 0 bridgehead atoms. The van der Waals surface area contributed by atoms with Gasteiger partial charge in [0.1, 0.15) is 0 Å². The molecule has 5 nitrogen and oxygen atoms in total. The fourth-order valence-corrected chi connectivity index (χ4v) is 2.81. The number of anilines is 1. The van der Waals surface area contributed by atoms with Gasteiger partial charge in [0.25, 0.3) is 0 Å². The number of halogens is 1. The summed E-state index contributed by atoms with van der Waals surface area (Å²) in [4.78, 5) is 24.2. The van der Waals surface area contributed by atoms with Crippen molar-refractivity contribution in [3.8, 4) is 0 Å². The summed E-state index contributed by atoms with van der Waals surface area (Å²) >= 11 is 0. The van der Waals surface area contributed by atoms with Crippen LogP contribution in [0.2, 0.25) is 0 Å². The van der Waals surface area contributed by atoms with Gasteiger partial charge in [-0.15, -0.1) is 0 Å². The first-order valence-corrected chi connectivity index (χ1v) is 6.63. The number of benzene rings is 1. The zero-order valence-corrected chi connectivity index (χ0v) is 11.4. The Balaban J connectivity index is 2.15. The normalized spacial score (nSPS) is 20.1. The molecule has 20 heavy (non-hydrogen) atoms. The van der Waals surface area contributed by atoms with E-state index in [4.69, 9.17) is 0 Å². The Morgan fingerprint density at radius 3 is 2.65 bits per heavy atom. The Bertz CT molecular complexity index is 623. The minimum atomic E-state index is -1.06. The number of hydrogen-bond donors (Lipinski definition) is 0. The van der Waals surface area contributed by atoms with E-state index in [1.165, 1.54) is 6.07 Å². The molecule has 0 atom stereocenters. The monoisotopic (exact) mass is 278 g/mol. The second kappa shape index (κ2) is 4.01. The first kappa shape index (κ1) is 13.0. The molecule has 1 aromatic carbocycles. The van der Waals surface area contributed by atoms with Crippen molar-refractivity contribution in [2.24, 2.45) is 5.92 Å². The molecule has 0 radical (unpaired) electrons. The fourth-order valence-electron chi connectivity index (χ4n) is 2.81. The molecule has 1 saturated carbocycles. The number of nitrogens with zero attached hydrogens (tertiary/aromatic N) is 2. The molecule has 0 unspecified atom stereocenters. The third-order valence-electron chi connectivity index (χ3n) is 4.13. The van der Waals surface area contributed by atoms with E-state index in [-0.39, 0.29) is 11.5 Å². The first-order valence-electron chi connectivity index (χ1n) is 6.63. The minimum Gasteiger partial charge on any atom is -0.311 e. The predicted molar refractivity (Wildman–Crippen MR) is 71.2 cm³/mol. The van der Waals surface area contributed by atoms with E-state index in [1.807, 2.05) is 0 Å². The summed E-state index contributed by atoms with van der Waals surface area (Å²) in [6, 6.07) is 2.63. The summed E-state index contributed by atoms with van der Waals surface area (Å²) in [7, 11) is 0. The Labute approximate surface area is 115 Å². The van der Waals surface area contributed by atoms with E-state index in [9.17, 15) is 19.3 Å². The average Bonchev–Trinajstić information content (AvgIpc) is 3.14. The van der Waals surface area contributed by atoms with Gasteiger partial charge in [0.05, 0.1) is 16.0 Å². The molecule has 2 aliphatic rings. The van der Waals surface area contributed by atoms with E-state index in [1.54, 1.807) is 18.7 Å². The van der Waals surface area contributed by atoms with Gasteiger partial charge in [-0.1, -0.05) is 0 Å². The van der Waals surface area contributed by atoms with Crippen LogP contribution >= 0.6 is 0 Å². The van der Waals surface area contributed by atoms with Crippen LogP contribution in [0.15, 0.2) is 12.1 Å². The molecule has 0 aromatic heterocycles. The zero-order valence-electron chi connectivity index (χ0n) is 11.4. The Hall–Kier alpha value is -1.98. The van der Waals surface area contributed by atoms with Gasteiger partial charge in [0.15, 0.2) is 0 Å². The standard InChI is InChI=1S/C14H15FN2O3/c1-14(2)11-9(5-6-10(12(11)15)17(19)20)16(13(14)18)7-8-3-4-8/h5-6,8H,3-4,7H2,1-2H3. The molecule has 0 saturated heterocycles. The van der Waals surface area contributed by atoms with Crippen LogP contribution in [0.1, 0.15) is 32.3 Å². The predicted octanol–water partition coefficient (Wildman–Crippen LogP) is 2.77. The van der Waals surface area contributed by atoms with E-state index in [2.05, 4.69) is 0 Å². The maximum atomic E-state index is 14.4. The molecule has 0 N–H and O–H groups in total. The molecule has 0 spiro atoms. The lowest BCUT2D eigenvalue weighted by Gasteiger charge is -2.20. The third-order valence-corrected chi connectivity index (χ3v) is 4.13. The molecule has 1 heterocycles. The van der Waals surface area contributed by atoms with Crippen LogP contribution in [0.5, 0.6) is 0 Å². The van der Waals surface area contributed by atoms with E-state index in [0.717, 1.165) is 18.9 Å². The van der Waals surface area contributed by atoms with Crippen molar-refractivity contribution >= 4 is 17.3 Å². The highest BCUT2D eigenvalue weighted by Crippen LogP contribution is 2.46. The molecule has 1 fully saturated rings. The molecule has 106 valence electrons. The van der Waals surface area contributed by atoms with Crippen molar-refractivity contribution in [2.45, 2.75) is 32.1 Å². The van der Waals surface area contributed by atoms with Gasteiger partial charge in [0.2, 0.25) is 11.7 Å². The highest BCUT2D eigenvalue weighted by molar-refractivity contribution is 6.08. The SMILES string of the molecule is CC1(C)C(=O)N(CC2CC2)c2ccc([N+](=O)[O-])c(F)c21. The first-order chi connectivity index (χ1) is 9.34. The van der Waals surface area contributed by atoms with Gasteiger partial charge < -0.3 is 4.90 Å². The Kier molecular flexibility index (Phi) is 2.61. The molecule has 1 aliphatic carbocycles. The van der Waals surface area contributed by atoms with Gasteiger partial charge in [0, 0.05) is 18.2 Å². The van der Waals surface area contributed by atoms with Crippen LogP contribution < -0.4 is 4.90 Å². The van der Waals surface area contributed by atoms with Crippen molar-refractivity contribution in [1.29, 1.82) is 0 Å². The summed E-state index contributed by atoms with van der Waals surface area (Å²) < 4.78 is 14.4. The number of carbonyl (C=O) groups excluding carboxylic acids is 1. The zero-order chi connectivity index (χ0) is 14.7. The van der Waals surface area contributed by atoms with Gasteiger partial charge in [-0.3, -0.25) is 14.9 Å². The maximum Gasteiger partial charge on any atom is 0.305 e. The quantitative estimate of drug-likeness (QED) is 0.631. The number of nitro benzene ring substituents is 1. The van der Waals surface area contributed by atoms with Crippen LogP contribution in [0.25, 0.3) is 0 Å². The summed E-state index contributed by atoms with van der Waals surface area (Å²) in [5.74, 6) is -0.595. The molecule has 1 amide bonds. The van der Waals surface area contributed by atoms with E-state index < -0.39 is 21.8 Å². The largest absolute Gasteiger partial charge is 0.311 e. The minimum absolute atomic E-state index is 0.150. The van der Waals surface area contributed by atoms with E-state index in [0.29, 0.717) is 18.2 Å². The van der Waals surface area contributed by atoms with Gasteiger partial charge in [-0.25, -0.2) is 0 Å². The second-order valence-electron chi connectivity index (χ2n) is 6.03. The number of nitro groups is 1. The summed E-state index contributed by atoms with van der Waals surface area (Å²) in [5.41, 5.74) is -0.995. The summed E-state index contributed by atoms with van der Waals surface area (Å²) in [5, 5.41) is 10.9. The van der Waals surface area contributed by atoms with Crippen LogP contribution in [0, 0.1) is 21.8 Å². The summed E-state index contributed by atoms with van der Waals surface area (Å²) in [6.07, 6.45) is 2.16.